The van der Waals surface area contributed by atoms with Gasteiger partial charge in [-0.05, 0) is 195 Å². The van der Waals surface area contributed by atoms with Crippen molar-refractivity contribution in [2.45, 2.75) is 5.92 Å². The number of allylic oxidation sites excluding steroid dienone is 1. The quantitative estimate of drug-likeness (QED) is 0.117. The van der Waals surface area contributed by atoms with Crippen LogP contribution >= 0.6 is 0 Å². The highest BCUT2D eigenvalue weighted by atomic mass is 16.3. The van der Waals surface area contributed by atoms with Crippen LogP contribution in [-0.2, 0) is 0 Å². The number of hydrogen-bond acceptors (Lipinski definition) is 2. The lowest BCUT2D eigenvalue weighted by atomic mass is 9.83. The smallest absolute Gasteiger partial charge is 0.143 e. The molecule has 1 aliphatic carbocycles. The van der Waals surface area contributed by atoms with Crippen molar-refractivity contribution < 1.29 is 8.83 Å². The van der Waals surface area contributed by atoms with E-state index in [2.05, 4.69) is 370 Å². The topological polar surface area (TPSA) is 26.3 Å². The molecule has 22 rings (SSSR count). The first-order valence-electron chi connectivity index (χ1n) is 35.6. The van der Waals surface area contributed by atoms with E-state index in [1.54, 1.807) is 0 Å². The summed E-state index contributed by atoms with van der Waals surface area (Å²) in [5.74, 6) is 0.209. The molecular formula is C101H62O2. The predicted molar refractivity (Wildman–Crippen MR) is 437 cm³/mol. The fraction of sp³-hybridized carbons (Fsp3) is 0.00990. The SMILES string of the molecule is C1=C(c2ccc(-c3c4ccccc4c(-c4ccc5oc6c7ccccc7c7ccccc7c6c5c4)c4ccccc34)cc2)C(c2ccccc2)c2ccccc21.c1ccc(-c2cccc(-c3c4ccccc4c(-c4ccc5oc6c7ccccc7c7ccccc7c6c5c4)c4ccccc34)c2)cc1. The van der Waals surface area contributed by atoms with E-state index in [4.69, 9.17) is 8.83 Å². The van der Waals surface area contributed by atoms with Gasteiger partial charge in [0.05, 0.1) is 0 Å². The van der Waals surface area contributed by atoms with Crippen molar-refractivity contribution in [3.05, 3.63) is 386 Å². The molecule has 0 radical (unpaired) electrons. The van der Waals surface area contributed by atoms with Crippen LogP contribution in [0.4, 0.5) is 0 Å². The molecule has 0 fully saturated rings. The first-order valence-corrected chi connectivity index (χ1v) is 35.6. The standard InChI is InChI=1S/C55H34O.C46H28O/c1-2-14-35(15-3-1)51-39-17-5-4-16-37(39)32-48(51)34-26-28-36(29-27-34)52-43-21-9-11-23-45(43)53(46-24-12-10-22-44(46)52)38-30-31-50-49(33-38)54-42-20-8-6-18-40(42)41-19-7-13-25-47(41)55(54)56-50;1-2-13-29(14-3-1)30-15-12-16-31(27-30)43-36-20-7-9-22-38(36)44(39-23-10-8-21-37(39)43)32-25-26-42-41(28-32)45-35-19-6-4-17-33(35)34-18-5-11-24-40(34)46(45)47-42/h1-33,51H;1-28H. The summed E-state index contributed by atoms with van der Waals surface area (Å²) < 4.78 is 13.4. The molecule has 1 unspecified atom stereocenters. The van der Waals surface area contributed by atoms with E-state index >= 15 is 0 Å². The molecule has 103 heavy (non-hydrogen) atoms. The first-order chi connectivity index (χ1) is 51.1. The summed E-state index contributed by atoms with van der Waals surface area (Å²) in [5, 5.41) is 24.3. The summed E-state index contributed by atoms with van der Waals surface area (Å²) in [6, 6.07) is 132. The Hall–Kier alpha value is -13.4. The Morgan fingerprint density at radius 2 is 0.515 bits per heavy atom. The van der Waals surface area contributed by atoms with Gasteiger partial charge in [0.25, 0.3) is 0 Å². The molecule has 0 aliphatic heterocycles. The normalized spacial score (nSPS) is 13.0. The number of benzene rings is 19. The van der Waals surface area contributed by atoms with Gasteiger partial charge in [0.1, 0.15) is 22.3 Å². The molecule has 0 saturated heterocycles. The average Bonchev–Trinajstić information content (AvgIpc) is 1.70. The predicted octanol–water partition coefficient (Wildman–Crippen LogP) is 28.4. The number of hydrogen-bond donors (Lipinski definition) is 0. The maximum Gasteiger partial charge on any atom is 0.143 e. The Morgan fingerprint density at radius 3 is 0.971 bits per heavy atom. The molecule has 2 heterocycles. The summed E-state index contributed by atoms with van der Waals surface area (Å²) in [7, 11) is 0. The molecule has 1 atom stereocenters. The summed E-state index contributed by atoms with van der Waals surface area (Å²) >= 11 is 0. The minimum Gasteiger partial charge on any atom is -0.455 e. The van der Waals surface area contributed by atoms with Gasteiger partial charge < -0.3 is 8.83 Å². The Labute approximate surface area is 594 Å². The monoisotopic (exact) mass is 1310 g/mol. The van der Waals surface area contributed by atoms with Gasteiger partial charge in [-0.1, -0.05) is 334 Å². The molecular weight excluding hydrogens is 1250 g/mol. The molecule has 2 nitrogen and oxygen atoms in total. The van der Waals surface area contributed by atoms with Crippen LogP contribution < -0.4 is 0 Å². The highest BCUT2D eigenvalue weighted by Crippen LogP contribution is 2.52. The van der Waals surface area contributed by atoms with Crippen molar-refractivity contribution in [3.63, 3.8) is 0 Å². The molecule has 0 saturated carbocycles. The highest BCUT2D eigenvalue weighted by molar-refractivity contribution is 6.33. The van der Waals surface area contributed by atoms with E-state index in [1.165, 1.54) is 170 Å². The molecule has 0 amide bonds. The molecule has 2 aromatic heterocycles. The Morgan fingerprint density at radius 1 is 0.194 bits per heavy atom. The van der Waals surface area contributed by atoms with Crippen molar-refractivity contribution in [3.8, 4) is 55.6 Å². The molecule has 0 N–H and O–H groups in total. The van der Waals surface area contributed by atoms with Crippen LogP contribution in [-0.4, -0.2) is 0 Å². The average molecular weight is 1310 g/mol. The number of rotatable bonds is 7. The van der Waals surface area contributed by atoms with Crippen LogP contribution in [0.15, 0.2) is 373 Å². The minimum atomic E-state index is 0.209. The van der Waals surface area contributed by atoms with Crippen molar-refractivity contribution in [2.24, 2.45) is 0 Å². The van der Waals surface area contributed by atoms with Gasteiger partial charge in [-0.25, -0.2) is 0 Å². The van der Waals surface area contributed by atoms with Crippen LogP contribution in [0.25, 0.3) is 197 Å². The fourth-order valence-corrected chi connectivity index (χ4v) is 17.5. The van der Waals surface area contributed by atoms with Crippen LogP contribution in [0.3, 0.4) is 0 Å². The highest BCUT2D eigenvalue weighted by Gasteiger charge is 2.29. The van der Waals surface area contributed by atoms with Gasteiger partial charge in [-0.15, -0.1) is 0 Å². The third-order valence-corrected chi connectivity index (χ3v) is 22.0. The number of fused-ring (bicyclic) bond motifs is 21. The van der Waals surface area contributed by atoms with Gasteiger partial charge in [0.15, 0.2) is 0 Å². The third kappa shape index (κ3) is 9.28. The van der Waals surface area contributed by atoms with E-state index in [9.17, 15) is 0 Å². The third-order valence-electron chi connectivity index (χ3n) is 22.0. The summed E-state index contributed by atoms with van der Waals surface area (Å²) in [4.78, 5) is 0. The first kappa shape index (κ1) is 58.6. The minimum absolute atomic E-state index is 0.209. The maximum absolute atomic E-state index is 6.71. The zero-order chi connectivity index (χ0) is 67.6. The molecule has 478 valence electrons. The summed E-state index contributed by atoms with van der Waals surface area (Å²) in [5.41, 5.74) is 22.6. The second-order valence-electron chi connectivity index (χ2n) is 27.5. The summed E-state index contributed by atoms with van der Waals surface area (Å²) in [6.45, 7) is 0. The second-order valence-corrected chi connectivity index (χ2v) is 27.5. The largest absolute Gasteiger partial charge is 0.455 e. The van der Waals surface area contributed by atoms with Gasteiger partial charge in [-0.3, -0.25) is 0 Å². The van der Waals surface area contributed by atoms with Gasteiger partial charge >= 0.3 is 0 Å². The van der Waals surface area contributed by atoms with Gasteiger partial charge in [0.2, 0.25) is 0 Å². The van der Waals surface area contributed by atoms with Crippen molar-refractivity contribution >= 4 is 142 Å². The van der Waals surface area contributed by atoms with Crippen LogP contribution in [0.1, 0.15) is 28.2 Å². The van der Waals surface area contributed by atoms with Gasteiger partial charge in [-0.2, -0.15) is 0 Å². The molecule has 19 aromatic carbocycles. The van der Waals surface area contributed by atoms with Crippen LogP contribution in [0.5, 0.6) is 0 Å². The lowest BCUT2D eigenvalue weighted by Gasteiger charge is -2.19. The van der Waals surface area contributed by atoms with Crippen molar-refractivity contribution in [1.82, 2.24) is 0 Å². The van der Waals surface area contributed by atoms with Crippen LogP contribution in [0, 0.1) is 0 Å². The molecule has 1 aliphatic rings. The lowest BCUT2D eigenvalue weighted by Crippen LogP contribution is -2.01. The van der Waals surface area contributed by atoms with E-state index in [1.807, 2.05) is 0 Å². The molecule has 0 bridgehead atoms. The van der Waals surface area contributed by atoms with Crippen molar-refractivity contribution in [1.29, 1.82) is 0 Å². The van der Waals surface area contributed by atoms with Gasteiger partial charge in [0, 0.05) is 38.2 Å². The van der Waals surface area contributed by atoms with E-state index in [0.29, 0.717) is 0 Å². The lowest BCUT2D eigenvalue weighted by molar-refractivity contribution is 0.672. The zero-order valence-electron chi connectivity index (χ0n) is 56.1. The molecule has 0 spiro atoms. The maximum atomic E-state index is 6.71. The van der Waals surface area contributed by atoms with E-state index in [0.717, 1.165) is 43.9 Å². The molecule has 21 aromatic rings. The Kier molecular flexibility index (Phi) is 13.4. The summed E-state index contributed by atoms with van der Waals surface area (Å²) in [6.07, 6.45) is 2.38. The van der Waals surface area contributed by atoms with Crippen LogP contribution in [0.2, 0.25) is 0 Å². The van der Waals surface area contributed by atoms with E-state index in [-0.39, 0.29) is 5.92 Å². The second kappa shape index (κ2) is 23.6. The van der Waals surface area contributed by atoms with E-state index < -0.39 is 0 Å². The van der Waals surface area contributed by atoms with Crippen molar-refractivity contribution in [2.75, 3.05) is 0 Å². The fourth-order valence-electron chi connectivity index (χ4n) is 17.5. The molecule has 2 heteroatoms. The number of furan rings is 2. The zero-order valence-corrected chi connectivity index (χ0v) is 56.1. The Balaban J connectivity index is 0.000000136. The Bertz CT molecular complexity index is 6980.